The molecule has 0 saturated carbocycles. The van der Waals surface area contributed by atoms with Gasteiger partial charge in [-0.1, -0.05) is 12.1 Å². The lowest BCUT2D eigenvalue weighted by Crippen LogP contribution is -2.27. The minimum Gasteiger partial charge on any atom is -0.207 e. The third kappa shape index (κ3) is 3.48. The predicted octanol–water partition coefficient (Wildman–Crippen LogP) is 3.45. The molecule has 0 aliphatic rings. The summed E-state index contributed by atoms with van der Waals surface area (Å²) in [5.41, 5.74) is 0.817. The molecule has 0 bridgehead atoms. The topological polar surface area (TPSA) is 46.2 Å². The van der Waals surface area contributed by atoms with Crippen LogP contribution < -0.4 is 4.72 Å². The summed E-state index contributed by atoms with van der Waals surface area (Å²) in [5.74, 6) is -2.98. The molecular formula is C15H14F3NO2S. The van der Waals surface area contributed by atoms with Crippen molar-refractivity contribution >= 4 is 10.0 Å². The fraction of sp³-hybridized carbons (Fsp3) is 0.200. The summed E-state index contributed by atoms with van der Waals surface area (Å²) in [4.78, 5) is -0.484. The average Bonchev–Trinajstić information content (AvgIpc) is 2.43. The first kappa shape index (κ1) is 16.5. The van der Waals surface area contributed by atoms with Crippen molar-refractivity contribution in [2.24, 2.45) is 0 Å². The van der Waals surface area contributed by atoms with E-state index in [-0.39, 0.29) is 5.56 Å². The lowest BCUT2D eigenvalue weighted by atomic mass is 10.1. The number of nitrogens with one attached hydrogen (secondary N) is 1. The highest BCUT2D eigenvalue weighted by Gasteiger charge is 2.22. The molecular weight excluding hydrogens is 315 g/mol. The highest BCUT2D eigenvalue weighted by molar-refractivity contribution is 7.89. The summed E-state index contributed by atoms with van der Waals surface area (Å²) >= 11 is 0. The summed E-state index contributed by atoms with van der Waals surface area (Å²) in [6.45, 7) is 3.09. The monoisotopic (exact) mass is 329 g/mol. The van der Waals surface area contributed by atoms with Gasteiger partial charge in [-0.25, -0.2) is 26.3 Å². The number of sulfonamides is 1. The highest BCUT2D eigenvalue weighted by atomic mass is 32.2. The zero-order valence-corrected chi connectivity index (χ0v) is 12.7. The van der Waals surface area contributed by atoms with Gasteiger partial charge in [0, 0.05) is 6.04 Å². The van der Waals surface area contributed by atoms with E-state index in [1.807, 2.05) is 0 Å². The standard InChI is InChI=1S/C15H14F3NO2S/c1-9-3-5-13(17)15(7-9)22(20,21)19-10(2)11-4-6-12(16)14(18)8-11/h3-8,10,19H,1-2H3. The second-order valence-corrected chi connectivity index (χ2v) is 6.63. The van der Waals surface area contributed by atoms with Gasteiger partial charge in [0.25, 0.3) is 0 Å². The Labute approximate surface area is 126 Å². The fourth-order valence-electron chi connectivity index (χ4n) is 1.96. The number of rotatable bonds is 4. The van der Waals surface area contributed by atoms with E-state index in [0.717, 1.165) is 18.2 Å². The van der Waals surface area contributed by atoms with Crippen molar-refractivity contribution in [2.45, 2.75) is 24.8 Å². The first-order chi connectivity index (χ1) is 10.2. The van der Waals surface area contributed by atoms with E-state index in [2.05, 4.69) is 4.72 Å². The van der Waals surface area contributed by atoms with E-state index in [4.69, 9.17) is 0 Å². The summed E-state index contributed by atoms with van der Waals surface area (Å²) in [7, 11) is -4.13. The molecule has 0 heterocycles. The zero-order chi connectivity index (χ0) is 16.5. The predicted molar refractivity (Wildman–Crippen MR) is 76.2 cm³/mol. The first-order valence-corrected chi connectivity index (χ1v) is 7.92. The Bertz CT molecular complexity index is 806. The SMILES string of the molecule is Cc1ccc(F)c(S(=O)(=O)NC(C)c2ccc(F)c(F)c2)c1. The van der Waals surface area contributed by atoms with Gasteiger partial charge in [-0.15, -0.1) is 0 Å². The van der Waals surface area contributed by atoms with Gasteiger partial charge in [-0.05, 0) is 49.2 Å². The average molecular weight is 329 g/mol. The molecule has 22 heavy (non-hydrogen) atoms. The van der Waals surface area contributed by atoms with Crippen LogP contribution in [-0.4, -0.2) is 8.42 Å². The van der Waals surface area contributed by atoms with Crippen molar-refractivity contribution in [1.82, 2.24) is 4.72 Å². The molecule has 2 aromatic rings. The Morgan fingerprint density at radius 3 is 2.23 bits per heavy atom. The maximum absolute atomic E-state index is 13.7. The minimum absolute atomic E-state index is 0.232. The van der Waals surface area contributed by atoms with E-state index in [0.29, 0.717) is 5.56 Å². The molecule has 2 rings (SSSR count). The van der Waals surface area contributed by atoms with Crippen molar-refractivity contribution in [2.75, 3.05) is 0 Å². The van der Waals surface area contributed by atoms with Crippen LogP contribution in [0.4, 0.5) is 13.2 Å². The molecule has 1 unspecified atom stereocenters. The van der Waals surface area contributed by atoms with E-state index in [1.165, 1.54) is 25.1 Å². The normalized spacial score (nSPS) is 13.1. The molecule has 0 saturated heterocycles. The smallest absolute Gasteiger partial charge is 0.207 e. The van der Waals surface area contributed by atoms with Crippen molar-refractivity contribution < 1.29 is 21.6 Å². The number of halogens is 3. The second kappa shape index (κ2) is 6.10. The molecule has 0 radical (unpaired) electrons. The van der Waals surface area contributed by atoms with Gasteiger partial charge in [0.15, 0.2) is 11.6 Å². The summed E-state index contributed by atoms with van der Waals surface area (Å²) in [5, 5.41) is 0. The molecule has 1 atom stereocenters. The molecule has 7 heteroatoms. The van der Waals surface area contributed by atoms with Crippen LogP contribution >= 0.6 is 0 Å². The molecule has 0 aliphatic heterocycles. The molecule has 0 aliphatic carbocycles. The molecule has 0 aromatic heterocycles. The molecule has 1 N–H and O–H groups in total. The van der Waals surface area contributed by atoms with Crippen molar-refractivity contribution in [3.8, 4) is 0 Å². The van der Waals surface area contributed by atoms with E-state index in [9.17, 15) is 21.6 Å². The van der Waals surface area contributed by atoms with Gasteiger partial charge in [0.2, 0.25) is 10.0 Å². The molecule has 3 nitrogen and oxygen atoms in total. The zero-order valence-electron chi connectivity index (χ0n) is 11.9. The van der Waals surface area contributed by atoms with Gasteiger partial charge >= 0.3 is 0 Å². The van der Waals surface area contributed by atoms with Crippen LogP contribution in [0.2, 0.25) is 0 Å². The maximum Gasteiger partial charge on any atom is 0.244 e. The van der Waals surface area contributed by atoms with Crippen LogP contribution in [0.15, 0.2) is 41.3 Å². The van der Waals surface area contributed by atoms with E-state index >= 15 is 0 Å². The van der Waals surface area contributed by atoms with Gasteiger partial charge < -0.3 is 0 Å². The van der Waals surface area contributed by atoms with Gasteiger partial charge in [0.1, 0.15) is 10.7 Å². The highest BCUT2D eigenvalue weighted by Crippen LogP contribution is 2.21. The van der Waals surface area contributed by atoms with Crippen molar-refractivity contribution in [1.29, 1.82) is 0 Å². The summed E-state index contributed by atoms with van der Waals surface area (Å²) < 4.78 is 66.5. The van der Waals surface area contributed by atoms with Crippen LogP contribution in [-0.2, 0) is 10.0 Å². The number of hydrogen-bond donors (Lipinski definition) is 1. The second-order valence-electron chi connectivity index (χ2n) is 4.95. The van der Waals surface area contributed by atoms with E-state index in [1.54, 1.807) is 6.92 Å². The van der Waals surface area contributed by atoms with Crippen LogP contribution in [0, 0.1) is 24.4 Å². The Morgan fingerprint density at radius 2 is 1.59 bits per heavy atom. The molecule has 0 amide bonds. The Kier molecular flexibility index (Phi) is 4.58. The number of benzene rings is 2. The van der Waals surface area contributed by atoms with Crippen molar-refractivity contribution in [3.63, 3.8) is 0 Å². The van der Waals surface area contributed by atoms with Crippen LogP contribution in [0.3, 0.4) is 0 Å². The quantitative estimate of drug-likeness (QED) is 0.934. The Balaban J connectivity index is 2.31. The number of aryl methyl sites for hydroxylation is 1. The van der Waals surface area contributed by atoms with Crippen LogP contribution in [0.1, 0.15) is 24.1 Å². The third-order valence-electron chi connectivity index (χ3n) is 3.15. The van der Waals surface area contributed by atoms with Gasteiger partial charge in [0.05, 0.1) is 0 Å². The van der Waals surface area contributed by atoms with Crippen molar-refractivity contribution in [3.05, 3.63) is 65.0 Å². The van der Waals surface area contributed by atoms with Crippen LogP contribution in [0.25, 0.3) is 0 Å². The Hall–Kier alpha value is -1.86. The lowest BCUT2D eigenvalue weighted by molar-refractivity contribution is 0.504. The molecule has 118 valence electrons. The third-order valence-corrected chi connectivity index (χ3v) is 4.71. The van der Waals surface area contributed by atoms with Gasteiger partial charge in [-0.2, -0.15) is 0 Å². The molecule has 2 aromatic carbocycles. The molecule has 0 spiro atoms. The van der Waals surface area contributed by atoms with Gasteiger partial charge in [-0.3, -0.25) is 0 Å². The van der Waals surface area contributed by atoms with E-state index < -0.39 is 38.4 Å². The largest absolute Gasteiger partial charge is 0.244 e. The summed E-state index contributed by atoms with van der Waals surface area (Å²) in [6, 6.07) is 5.94. The molecule has 0 fully saturated rings. The Morgan fingerprint density at radius 1 is 0.955 bits per heavy atom. The van der Waals surface area contributed by atoms with Crippen LogP contribution in [0.5, 0.6) is 0 Å². The first-order valence-electron chi connectivity index (χ1n) is 6.44. The number of hydrogen-bond acceptors (Lipinski definition) is 2. The maximum atomic E-state index is 13.7. The fourth-order valence-corrected chi connectivity index (χ4v) is 3.36. The minimum atomic E-state index is -4.13. The lowest BCUT2D eigenvalue weighted by Gasteiger charge is -2.15. The summed E-state index contributed by atoms with van der Waals surface area (Å²) in [6.07, 6.45) is 0.